The summed E-state index contributed by atoms with van der Waals surface area (Å²) in [4.78, 5) is 0. The Morgan fingerprint density at radius 1 is 0.645 bits per heavy atom. The first kappa shape index (κ1) is 20.0. The van der Waals surface area contributed by atoms with Crippen molar-refractivity contribution in [2.75, 3.05) is 7.11 Å². The molecule has 0 aliphatic rings. The van der Waals surface area contributed by atoms with E-state index < -0.39 is 0 Å². The third-order valence-corrected chi connectivity index (χ3v) is 8.15. The predicted molar refractivity (Wildman–Crippen MR) is 133 cm³/mol. The van der Waals surface area contributed by atoms with Crippen LogP contribution in [0.5, 0.6) is 0 Å². The normalized spacial score (nSPS) is 12.3. The Morgan fingerprint density at radius 3 is 2.06 bits per heavy atom. The average Bonchev–Trinajstić information content (AvgIpc) is 2.84. The van der Waals surface area contributed by atoms with Gasteiger partial charge in [0.25, 0.3) is 0 Å². The fourth-order valence-electron chi connectivity index (χ4n) is 4.23. The minimum atomic E-state index is 0.119. The van der Waals surface area contributed by atoms with E-state index >= 15 is 0 Å². The number of methoxy groups -OCH3 is 1. The monoisotopic (exact) mass is 468 g/mol. The van der Waals surface area contributed by atoms with Gasteiger partial charge in [-0.2, -0.15) is 0 Å². The number of hydrogen-bond acceptors (Lipinski definition) is 1. The Hall–Kier alpha value is -2.90. The van der Waals surface area contributed by atoms with Gasteiger partial charge in [0.1, 0.15) is 0 Å². The second kappa shape index (κ2) is 9.08. The van der Waals surface area contributed by atoms with Crippen LogP contribution in [0, 0.1) is 0 Å². The molecule has 1 atom stereocenters. The van der Waals surface area contributed by atoms with Gasteiger partial charge in [-0.25, -0.2) is 0 Å². The average molecular weight is 467 g/mol. The molecule has 0 saturated carbocycles. The molecule has 152 valence electrons. The molecule has 0 radical (unpaired) electrons. The second-order valence-corrected chi connectivity index (χ2v) is 9.86. The standard InChI is InChI=1S/C29H24OSe/c1-30-27(23-12-3-2-4-13-23)20-31-28-19-18-22-11-6-8-16-25(22)29(28)26-17-9-14-21-10-5-7-15-24(21)26/h2-19,27H,20H2,1H3. The Bertz CT molecular complexity index is 1320. The van der Waals surface area contributed by atoms with Gasteiger partial charge in [-0.3, -0.25) is 0 Å². The van der Waals surface area contributed by atoms with Gasteiger partial charge in [-0.1, -0.05) is 0 Å². The Balaban J connectivity index is 1.62. The zero-order chi connectivity index (χ0) is 21.0. The third-order valence-electron chi connectivity index (χ3n) is 5.80. The molecule has 5 aromatic carbocycles. The van der Waals surface area contributed by atoms with E-state index in [-0.39, 0.29) is 21.1 Å². The van der Waals surface area contributed by atoms with Crippen LogP contribution in [-0.4, -0.2) is 22.1 Å². The molecule has 0 aliphatic heterocycles. The molecular weight excluding hydrogens is 443 g/mol. The van der Waals surface area contributed by atoms with Gasteiger partial charge in [0.05, 0.1) is 0 Å². The van der Waals surface area contributed by atoms with Crippen LogP contribution in [0.15, 0.2) is 109 Å². The van der Waals surface area contributed by atoms with Crippen molar-refractivity contribution in [2.45, 2.75) is 11.4 Å². The van der Waals surface area contributed by atoms with Gasteiger partial charge in [-0.05, 0) is 0 Å². The van der Waals surface area contributed by atoms with E-state index in [1.165, 1.54) is 42.7 Å². The molecular formula is C29H24OSe. The summed E-state index contributed by atoms with van der Waals surface area (Å²) in [5.74, 6) is 0. The van der Waals surface area contributed by atoms with Gasteiger partial charge in [0.15, 0.2) is 0 Å². The summed E-state index contributed by atoms with van der Waals surface area (Å²) in [6, 6.07) is 39.2. The SMILES string of the molecule is COC(C[Se]c1ccc2ccccc2c1-c1cccc2ccccc12)c1ccccc1. The minimum absolute atomic E-state index is 0.119. The molecule has 0 fully saturated rings. The van der Waals surface area contributed by atoms with Crippen molar-refractivity contribution < 1.29 is 4.74 Å². The molecule has 0 aromatic heterocycles. The summed E-state index contributed by atoms with van der Waals surface area (Å²) in [5.41, 5.74) is 3.94. The molecule has 31 heavy (non-hydrogen) atoms. The number of rotatable bonds is 6. The van der Waals surface area contributed by atoms with Gasteiger partial charge in [-0.15, -0.1) is 0 Å². The zero-order valence-corrected chi connectivity index (χ0v) is 19.2. The topological polar surface area (TPSA) is 9.23 Å². The van der Waals surface area contributed by atoms with Gasteiger partial charge in [0.2, 0.25) is 0 Å². The molecule has 0 N–H and O–H groups in total. The molecule has 0 aliphatic carbocycles. The Morgan fingerprint density at radius 2 is 1.29 bits per heavy atom. The molecule has 1 nitrogen and oxygen atoms in total. The third kappa shape index (κ3) is 4.03. The first-order chi connectivity index (χ1) is 15.3. The quantitative estimate of drug-likeness (QED) is 0.250. The molecule has 0 saturated heterocycles. The Kier molecular flexibility index (Phi) is 5.86. The van der Waals surface area contributed by atoms with Gasteiger partial charge < -0.3 is 0 Å². The van der Waals surface area contributed by atoms with E-state index in [1.807, 2.05) is 7.11 Å². The van der Waals surface area contributed by atoms with Crippen LogP contribution in [-0.2, 0) is 4.74 Å². The fourth-order valence-corrected chi connectivity index (χ4v) is 6.72. The van der Waals surface area contributed by atoms with E-state index in [4.69, 9.17) is 4.74 Å². The first-order valence-electron chi connectivity index (χ1n) is 10.6. The van der Waals surface area contributed by atoms with Crippen LogP contribution in [0.25, 0.3) is 32.7 Å². The molecule has 5 rings (SSSR count). The second-order valence-electron chi connectivity index (χ2n) is 7.63. The van der Waals surface area contributed by atoms with Crippen LogP contribution in [0.2, 0.25) is 5.32 Å². The van der Waals surface area contributed by atoms with E-state index in [1.54, 1.807) is 0 Å². The molecule has 0 spiro atoms. The summed E-state index contributed by atoms with van der Waals surface area (Å²) >= 11 is 0.271. The molecule has 0 bridgehead atoms. The Labute approximate surface area is 189 Å². The molecule has 5 aromatic rings. The van der Waals surface area contributed by atoms with E-state index in [9.17, 15) is 0 Å². The maximum absolute atomic E-state index is 5.88. The van der Waals surface area contributed by atoms with Crippen molar-refractivity contribution in [1.29, 1.82) is 0 Å². The van der Waals surface area contributed by atoms with Crippen molar-refractivity contribution in [1.82, 2.24) is 0 Å². The molecule has 2 heteroatoms. The summed E-state index contributed by atoms with van der Waals surface area (Å²) in [6.07, 6.45) is 0.119. The summed E-state index contributed by atoms with van der Waals surface area (Å²) in [5, 5.41) is 6.21. The zero-order valence-electron chi connectivity index (χ0n) is 17.5. The van der Waals surface area contributed by atoms with Crippen LogP contribution in [0.1, 0.15) is 11.7 Å². The van der Waals surface area contributed by atoms with E-state index in [2.05, 4.69) is 109 Å². The summed E-state index contributed by atoms with van der Waals surface area (Å²) in [7, 11) is 1.82. The number of ether oxygens (including phenoxy) is 1. The molecule has 1 unspecified atom stereocenters. The van der Waals surface area contributed by atoms with Crippen molar-refractivity contribution in [3.63, 3.8) is 0 Å². The van der Waals surface area contributed by atoms with Crippen molar-refractivity contribution >= 4 is 41.0 Å². The number of fused-ring (bicyclic) bond motifs is 2. The molecule has 0 heterocycles. The summed E-state index contributed by atoms with van der Waals surface area (Å²) in [6.45, 7) is 0. The molecule has 0 amide bonds. The van der Waals surface area contributed by atoms with Crippen LogP contribution < -0.4 is 4.46 Å². The predicted octanol–water partition coefficient (Wildman–Crippen LogP) is 6.80. The van der Waals surface area contributed by atoms with E-state index in [0.717, 1.165) is 5.32 Å². The maximum atomic E-state index is 5.88. The van der Waals surface area contributed by atoms with Crippen molar-refractivity contribution in [3.05, 3.63) is 115 Å². The van der Waals surface area contributed by atoms with Gasteiger partial charge >= 0.3 is 190 Å². The van der Waals surface area contributed by atoms with E-state index in [0.29, 0.717) is 0 Å². The first-order valence-corrected chi connectivity index (χ1v) is 12.6. The fraction of sp³-hybridized carbons (Fsp3) is 0.103. The van der Waals surface area contributed by atoms with Gasteiger partial charge in [0, 0.05) is 0 Å². The summed E-state index contributed by atoms with van der Waals surface area (Å²) < 4.78 is 7.31. The van der Waals surface area contributed by atoms with Crippen LogP contribution in [0.4, 0.5) is 0 Å². The van der Waals surface area contributed by atoms with Crippen LogP contribution in [0.3, 0.4) is 0 Å². The van der Waals surface area contributed by atoms with Crippen molar-refractivity contribution in [2.24, 2.45) is 0 Å². The van der Waals surface area contributed by atoms with Crippen LogP contribution >= 0.6 is 0 Å². The van der Waals surface area contributed by atoms with Crippen molar-refractivity contribution in [3.8, 4) is 11.1 Å². The number of benzene rings is 5. The number of hydrogen-bond donors (Lipinski definition) is 0.